The predicted octanol–water partition coefficient (Wildman–Crippen LogP) is 2.10. The first-order chi connectivity index (χ1) is 12.3. The Balaban J connectivity index is 1.59. The van der Waals surface area contributed by atoms with Crippen molar-refractivity contribution in [2.75, 3.05) is 11.4 Å². The van der Waals surface area contributed by atoms with Crippen LogP contribution >= 0.6 is 11.3 Å². The number of hydrogen-bond donors (Lipinski definition) is 1. The molecule has 0 spiro atoms. The highest BCUT2D eigenvalue weighted by Gasteiger charge is 2.31. The Morgan fingerprint density at radius 1 is 1.44 bits per heavy atom. The minimum Gasteiger partial charge on any atom is -0.338 e. The molecule has 1 fully saturated rings. The maximum absolute atomic E-state index is 12.7. The fraction of sp³-hybridized carbons (Fsp3) is 0.250. The van der Waals surface area contributed by atoms with Gasteiger partial charge in [-0.1, -0.05) is 28.7 Å². The summed E-state index contributed by atoms with van der Waals surface area (Å²) in [6.45, 7) is 0.838. The molecule has 0 saturated carbocycles. The van der Waals surface area contributed by atoms with Crippen molar-refractivity contribution in [1.29, 1.82) is 5.26 Å². The molecule has 1 atom stereocenters. The molecule has 1 aliphatic rings. The molecule has 25 heavy (non-hydrogen) atoms. The van der Waals surface area contributed by atoms with Crippen LogP contribution in [0.25, 0.3) is 0 Å². The monoisotopic (exact) mass is 351 g/mol. The summed E-state index contributed by atoms with van der Waals surface area (Å²) in [5, 5.41) is 24.0. The van der Waals surface area contributed by atoms with Crippen molar-refractivity contribution in [2.45, 2.75) is 18.9 Å². The van der Waals surface area contributed by atoms with E-state index < -0.39 is 0 Å². The lowest BCUT2D eigenvalue weighted by atomic mass is 10.1. The third-order valence-electron chi connectivity index (χ3n) is 4.13. The minimum atomic E-state index is -0.129. The predicted molar refractivity (Wildman–Crippen MR) is 90.2 cm³/mol. The molecule has 2 aromatic heterocycles. The molecule has 0 aliphatic carbocycles. The third-order valence-corrected chi connectivity index (χ3v) is 5.16. The zero-order valence-corrected chi connectivity index (χ0v) is 13.9. The quantitative estimate of drug-likeness (QED) is 0.716. The number of hydrogen-bond acceptors (Lipinski definition) is 8. The fourth-order valence-corrected chi connectivity index (χ4v) is 3.90. The molecule has 1 aromatic carbocycles. The Labute approximate surface area is 147 Å². The minimum absolute atomic E-state index is 0.0229. The number of aromatic nitrogens is 5. The second kappa shape index (κ2) is 6.41. The Morgan fingerprint density at radius 3 is 3.16 bits per heavy atom. The molecular formula is C16H13N7OS. The van der Waals surface area contributed by atoms with Gasteiger partial charge >= 0.3 is 0 Å². The number of benzene rings is 1. The van der Waals surface area contributed by atoms with Crippen LogP contribution in [0.2, 0.25) is 0 Å². The number of rotatable bonds is 4. The summed E-state index contributed by atoms with van der Waals surface area (Å²) in [5.41, 5.74) is 0.956. The second-order valence-corrected chi connectivity index (χ2v) is 6.66. The Hall–Kier alpha value is -3.12. The third kappa shape index (κ3) is 2.88. The van der Waals surface area contributed by atoms with E-state index in [1.165, 1.54) is 11.3 Å². The van der Waals surface area contributed by atoms with Crippen LogP contribution in [0.3, 0.4) is 0 Å². The van der Waals surface area contributed by atoms with Crippen molar-refractivity contribution in [3.63, 3.8) is 0 Å². The first-order valence-corrected chi connectivity index (χ1v) is 8.58. The number of nitrogens with zero attached hydrogens (tertiary/aromatic N) is 6. The van der Waals surface area contributed by atoms with E-state index in [9.17, 15) is 4.79 Å². The van der Waals surface area contributed by atoms with E-state index in [4.69, 9.17) is 5.26 Å². The van der Waals surface area contributed by atoms with E-state index >= 15 is 0 Å². The number of aromatic amines is 1. The van der Waals surface area contributed by atoms with Gasteiger partial charge in [-0.25, -0.2) is 4.98 Å². The van der Waals surface area contributed by atoms with Crippen molar-refractivity contribution < 1.29 is 4.79 Å². The number of H-pyrrole nitrogens is 1. The smallest absolute Gasteiger partial charge is 0.204 e. The molecule has 0 radical (unpaired) electrons. The van der Waals surface area contributed by atoms with Crippen LogP contribution in [-0.2, 0) is 0 Å². The van der Waals surface area contributed by atoms with Crippen LogP contribution in [0.4, 0.5) is 5.13 Å². The van der Waals surface area contributed by atoms with Crippen molar-refractivity contribution in [1.82, 2.24) is 25.6 Å². The summed E-state index contributed by atoms with van der Waals surface area (Å²) in [6.07, 6.45) is 3.52. The summed E-state index contributed by atoms with van der Waals surface area (Å²) in [4.78, 5) is 19.7. The van der Waals surface area contributed by atoms with Crippen LogP contribution in [0.1, 0.15) is 45.5 Å². The van der Waals surface area contributed by atoms with E-state index in [1.54, 1.807) is 30.5 Å². The summed E-state index contributed by atoms with van der Waals surface area (Å²) in [5.74, 6) is 0.512. The van der Waals surface area contributed by atoms with E-state index in [-0.39, 0.29) is 11.8 Å². The lowest BCUT2D eigenvalue weighted by Crippen LogP contribution is -2.23. The van der Waals surface area contributed by atoms with Gasteiger partial charge in [0, 0.05) is 12.1 Å². The molecule has 3 heterocycles. The zero-order valence-electron chi connectivity index (χ0n) is 13.1. The topological polar surface area (TPSA) is 111 Å². The van der Waals surface area contributed by atoms with Crippen molar-refractivity contribution >= 4 is 22.3 Å². The molecule has 4 rings (SSSR count). The van der Waals surface area contributed by atoms with Gasteiger partial charge in [0.05, 0.1) is 28.7 Å². The Morgan fingerprint density at radius 2 is 2.36 bits per heavy atom. The highest BCUT2D eigenvalue weighted by Crippen LogP contribution is 2.36. The van der Waals surface area contributed by atoms with E-state index in [0.717, 1.165) is 24.5 Å². The normalized spacial score (nSPS) is 16.8. The van der Waals surface area contributed by atoms with Gasteiger partial charge in [0.15, 0.2) is 11.0 Å². The summed E-state index contributed by atoms with van der Waals surface area (Å²) >= 11 is 1.34. The highest BCUT2D eigenvalue weighted by molar-refractivity contribution is 7.17. The average Bonchev–Trinajstić information content (AvgIpc) is 3.40. The number of carbonyl (C=O) groups is 1. The second-order valence-electron chi connectivity index (χ2n) is 5.65. The molecule has 3 aromatic rings. The highest BCUT2D eigenvalue weighted by atomic mass is 32.1. The SMILES string of the molecule is N#Cc1cccc(C(=O)c2cnc(N3CCC[C@H]3c3nn[nH]n3)s2)c1. The van der Waals surface area contributed by atoms with Gasteiger partial charge in [-0.05, 0) is 25.0 Å². The molecule has 1 aliphatic heterocycles. The fourth-order valence-electron chi connectivity index (χ4n) is 2.95. The Bertz CT molecular complexity index is 944. The number of nitrogens with one attached hydrogen (secondary N) is 1. The van der Waals surface area contributed by atoms with E-state index in [1.807, 2.05) is 6.07 Å². The van der Waals surface area contributed by atoms with Crippen molar-refractivity contribution in [3.05, 3.63) is 52.3 Å². The van der Waals surface area contributed by atoms with Crippen LogP contribution in [-0.4, -0.2) is 37.9 Å². The average molecular weight is 351 g/mol. The van der Waals surface area contributed by atoms with Crippen molar-refractivity contribution in [2.24, 2.45) is 0 Å². The number of carbonyl (C=O) groups excluding carboxylic acids is 1. The maximum Gasteiger partial charge on any atom is 0.204 e. The largest absolute Gasteiger partial charge is 0.338 e. The molecule has 1 N–H and O–H groups in total. The standard InChI is InChI=1S/C16H13N7OS/c17-8-10-3-1-4-11(7-10)14(24)13-9-18-16(25-13)23-6-2-5-12(23)15-19-21-22-20-15/h1,3-4,7,9,12H,2,5-6H2,(H,19,20,21,22)/t12-/m0/s1. The lowest BCUT2D eigenvalue weighted by molar-refractivity contribution is 0.104. The van der Waals surface area contributed by atoms with Crippen molar-refractivity contribution in [3.8, 4) is 6.07 Å². The van der Waals surface area contributed by atoms with Gasteiger partial charge in [-0.3, -0.25) is 4.79 Å². The molecule has 1 saturated heterocycles. The van der Waals surface area contributed by atoms with Gasteiger partial charge in [0.1, 0.15) is 0 Å². The molecule has 8 nitrogen and oxygen atoms in total. The number of nitriles is 1. The van der Waals surface area contributed by atoms with Crippen LogP contribution in [0.15, 0.2) is 30.5 Å². The lowest BCUT2D eigenvalue weighted by Gasteiger charge is -2.20. The van der Waals surface area contributed by atoms with Gasteiger partial charge < -0.3 is 4.90 Å². The van der Waals surface area contributed by atoms with E-state index in [0.29, 0.717) is 21.8 Å². The number of thiazole rings is 1. The first kappa shape index (κ1) is 15.4. The Kier molecular flexibility index (Phi) is 3.95. The molecular weight excluding hydrogens is 338 g/mol. The van der Waals surface area contributed by atoms with Crippen LogP contribution in [0.5, 0.6) is 0 Å². The first-order valence-electron chi connectivity index (χ1n) is 7.77. The molecule has 0 bridgehead atoms. The molecule has 124 valence electrons. The summed E-state index contributed by atoms with van der Waals surface area (Å²) in [7, 11) is 0. The summed E-state index contributed by atoms with van der Waals surface area (Å²) < 4.78 is 0. The molecule has 9 heteroatoms. The van der Waals surface area contributed by atoms with Gasteiger partial charge in [-0.15, -0.1) is 10.2 Å². The van der Waals surface area contributed by atoms with Gasteiger partial charge in [0.25, 0.3) is 0 Å². The number of ketones is 1. The maximum atomic E-state index is 12.7. The van der Waals surface area contributed by atoms with E-state index in [2.05, 4.69) is 30.5 Å². The van der Waals surface area contributed by atoms with Gasteiger partial charge in [-0.2, -0.15) is 10.5 Å². The zero-order chi connectivity index (χ0) is 17.2. The van der Waals surface area contributed by atoms with Crippen LogP contribution in [0, 0.1) is 11.3 Å². The molecule has 0 amide bonds. The van der Waals surface area contributed by atoms with Gasteiger partial charge in [0.2, 0.25) is 5.78 Å². The van der Waals surface area contributed by atoms with Crippen LogP contribution < -0.4 is 4.90 Å². The number of anilines is 1. The number of tetrazole rings is 1. The molecule has 0 unspecified atom stereocenters. The summed E-state index contributed by atoms with van der Waals surface area (Å²) in [6, 6.07) is 8.76.